The minimum Gasteiger partial charge on any atom is -0.245 e. The van der Waals surface area contributed by atoms with Gasteiger partial charge in [0.25, 0.3) is 0 Å². The van der Waals surface area contributed by atoms with Crippen LogP contribution in [0.5, 0.6) is 0 Å². The Balaban J connectivity index is 1.17. The Kier molecular flexibility index (Phi) is 9.00. The van der Waals surface area contributed by atoms with E-state index >= 15 is 4.57 Å². The van der Waals surface area contributed by atoms with Gasteiger partial charge in [0.05, 0.1) is 18.6 Å². The third kappa shape index (κ3) is 6.12. The fourth-order valence-corrected chi connectivity index (χ4v) is 9.43. The van der Waals surface area contributed by atoms with E-state index in [1.54, 1.807) is 21.1 Å². The molecule has 0 heterocycles. The summed E-state index contributed by atoms with van der Waals surface area (Å²) in [4.78, 5) is 0. The summed E-state index contributed by atoms with van der Waals surface area (Å²) >= 11 is 0. The molecule has 0 aliphatic rings. The Morgan fingerprint density at radius 2 is 0.554 bits per heavy atom. The third-order valence-corrected chi connectivity index (χ3v) is 13.2. The summed E-state index contributed by atoms with van der Waals surface area (Å²) < 4.78 is 20.3. The van der Waals surface area contributed by atoms with Gasteiger partial charge in [-0.25, -0.2) is 18.9 Å². The highest BCUT2D eigenvalue weighted by molar-refractivity contribution is 7.56. The molecule has 0 fully saturated rings. The first-order valence-corrected chi connectivity index (χ1v) is 20.1. The van der Waals surface area contributed by atoms with Crippen molar-refractivity contribution in [3.8, 4) is 0 Å². The summed E-state index contributed by atoms with van der Waals surface area (Å²) in [5.41, 5.74) is 2.83. The zero-order chi connectivity index (χ0) is 38.2. The van der Waals surface area contributed by atoms with Crippen LogP contribution in [-0.4, -0.2) is 54.1 Å². The van der Waals surface area contributed by atoms with Gasteiger partial charge in [0.2, 0.25) is 0 Å². The maximum atomic E-state index is 15.8. The van der Waals surface area contributed by atoms with E-state index in [-0.39, 0.29) is 0 Å². The van der Waals surface area contributed by atoms with E-state index in [0.29, 0.717) is 0 Å². The summed E-state index contributed by atoms with van der Waals surface area (Å²) in [6, 6.07) is 56.2. The van der Waals surface area contributed by atoms with Gasteiger partial charge in [-0.3, -0.25) is 0 Å². The van der Waals surface area contributed by atoms with Gasteiger partial charge in [-0.2, -0.15) is 15.3 Å². The van der Waals surface area contributed by atoms with Crippen molar-refractivity contribution in [3.05, 3.63) is 180 Å². The molecule has 8 heteroatoms. The minimum atomic E-state index is -3.86. The van der Waals surface area contributed by atoms with Gasteiger partial charge in [-0.15, -0.1) is 0 Å². The van der Waals surface area contributed by atoms with Gasteiger partial charge in [0.15, 0.2) is 0 Å². The normalized spacial score (nSPS) is 12.4. The van der Waals surface area contributed by atoms with Gasteiger partial charge in [-0.05, 0) is 82.8 Å². The molecular weight excluding hydrogens is 708 g/mol. The van der Waals surface area contributed by atoms with Gasteiger partial charge in [-0.1, -0.05) is 146 Å². The monoisotopic (exact) mass is 746 g/mol. The van der Waals surface area contributed by atoms with Crippen LogP contribution in [0.1, 0.15) is 16.7 Å². The molecule has 7 nitrogen and oxygen atoms in total. The topological polar surface area (TPSA) is 63.9 Å². The Bertz CT molecular complexity index is 2610. The van der Waals surface area contributed by atoms with Gasteiger partial charge >= 0.3 is 7.59 Å². The van der Waals surface area contributed by atoms with Crippen LogP contribution in [0.2, 0.25) is 0 Å². The highest BCUT2D eigenvalue weighted by atomic mass is 31.2. The molecule has 0 aliphatic heterocycles. The van der Waals surface area contributed by atoms with Gasteiger partial charge in [0, 0.05) is 37.8 Å². The number of hydrogen-bond donors (Lipinski definition) is 0. The lowest BCUT2D eigenvalue weighted by atomic mass is 9.97. The molecule has 9 aromatic carbocycles. The molecule has 0 radical (unpaired) electrons. The third-order valence-electron chi connectivity index (χ3n) is 10.6. The van der Waals surface area contributed by atoms with Crippen LogP contribution in [-0.2, 0) is 4.57 Å². The van der Waals surface area contributed by atoms with Crippen LogP contribution in [0.15, 0.2) is 179 Å². The van der Waals surface area contributed by atoms with Crippen molar-refractivity contribution in [1.29, 1.82) is 0 Å². The number of benzene rings is 9. The van der Waals surface area contributed by atoms with Crippen molar-refractivity contribution >= 4 is 90.9 Å². The molecule has 0 unspecified atom stereocenters. The standard InChI is InChI=1S/C48H39N6OP/c1-52(49-31-46-40-22-10-4-16-34(40)28-35-17-5-11-23-41(35)46)56(55,53(2)50-32-47-42-24-12-6-18-36(42)29-37-19-7-13-25-43(37)47)54(3)51-33-48-44-26-14-8-20-38(44)30-39-21-9-15-27-45(39)48/h4-33H,1-3H3/b49-31+,50-32+,51-33+. The van der Waals surface area contributed by atoms with E-state index in [0.717, 1.165) is 81.3 Å². The quantitative estimate of drug-likeness (QED) is 0.0638. The number of fused-ring (bicyclic) bond motifs is 6. The Labute approximate surface area is 325 Å². The maximum absolute atomic E-state index is 15.8. The Hall–Kier alpha value is -6.82. The van der Waals surface area contributed by atoms with Gasteiger partial charge < -0.3 is 0 Å². The molecule has 0 saturated carbocycles. The number of hydrazone groups is 3. The summed E-state index contributed by atoms with van der Waals surface area (Å²) in [5.74, 6) is 0. The molecule has 0 aliphatic carbocycles. The van der Waals surface area contributed by atoms with Crippen LogP contribution in [0, 0.1) is 0 Å². The maximum Gasteiger partial charge on any atom is 0.405 e. The first-order valence-electron chi connectivity index (χ1n) is 18.6. The van der Waals surface area contributed by atoms with Crippen molar-refractivity contribution < 1.29 is 4.57 Å². The molecule has 0 N–H and O–H groups in total. The zero-order valence-electron chi connectivity index (χ0n) is 31.4. The van der Waals surface area contributed by atoms with E-state index in [1.807, 2.05) is 91.4 Å². The number of rotatable bonds is 9. The first kappa shape index (κ1) is 34.9. The summed E-state index contributed by atoms with van der Waals surface area (Å²) in [6.45, 7) is 0. The van der Waals surface area contributed by atoms with Crippen LogP contribution in [0.25, 0.3) is 64.6 Å². The molecule has 0 bridgehead atoms. The van der Waals surface area contributed by atoms with E-state index in [9.17, 15) is 0 Å². The molecule has 9 aromatic rings. The van der Waals surface area contributed by atoms with E-state index in [4.69, 9.17) is 15.3 Å². The molecule has 9 rings (SSSR count). The van der Waals surface area contributed by atoms with E-state index in [2.05, 4.69) is 91.0 Å². The van der Waals surface area contributed by atoms with Crippen LogP contribution >= 0.6 is 7.59 Å². The lowest BCUT2D eigenvalue weighted by Crippen LogP contribution is -2.29. The fraction of sp³-hybridized carbons (Fsp3) is 0.0625. The predicted molar refractivity (Wildman–Crippen MR) is 238 cm³/mol. The van der Waals surface area contributed by atoms with Crippen molar-refractivity contribution in [2.45, 2.75) is 0 Å². The second-order valence-electron chi connectivity index (χ2n) is 13.9. The lowest BCUT2D eigenvalue weighted by Gasteiger charge is -2.35. The Morgan fingerprint density at radius 1 is 0.357 bits per heavy atom. The van der Waals surface area contributed by atoms with Crippen LogP contribution < -0.4 is 0 Å². The zero-order valence-corrected chi connectivity index (χ0v) is 32.3. The van der Waals surface area contributed by atoms with Crippen molar-refractivity contribution in [2.24, 2.45) is 15.3 Å². The highest BCUT2D eigenvalue weighted by Gasteiger charge is 2.37. The van der Waals surface area contributed by atoms with Crippen molar-refractivity contribution in [2.75, 3.05) is 21.1 Å². The minimum absolute atomic E-state index is 0.943. The van der Waals surface area contributed by atoms with E-state index < -0.39 is 7.59 Å². The molecule has 0 spiro atoms. The number of nitrogens with zero attached hydrogens (tertiary/aromatic N) is 6. The smallest absolute Gasteiger partial charge is 0.245 e. The molecule has 272 valence electrons. The van der Waals surface area contributed by atoms with Crippen molar-refractivity contribution in [3.63, 3.8) is 0 Å². The SMILES string of the molecule is CN(/N=C/c1c2ccccc2cc2ccccc12)P(=O)(N(C)/N=C/c1c2ccccc2cc2ccccc12)N(C)/N=C/c1c2ccccc2cc2ccccc12. The lowest BCUT2D eigenvalue weighted by molar-refractivity contribution is 0.338. The Morgan fingerprint density at radius 3 is 0.768 bits per heavy atom. The number of hydrogen-bond acceptors (Lipinski definition) is 4. The van der Waals surface area contributed by atoms with Crippen LogP contribution in [0.4, 0.5) is 0 Å². The van der Waals surface area contributed by atoms with E-state index in [1.165, 1.54) is 14.3 Å². The molecule has 0 atom stereocenters. The molecule has 0 aromatic heterocycles. The second kappa shape index (κ2) is 14.4. The average Bonchev–Trinajstić information content (AvgIpc) is 3.24. The molecule has 0 amide bonds. The van der Waals surface area contributed by atoms with Crippen molar-refractivity contribution in [1.82, 2.24) is 14.3 Å². The highest BCUT2D eigenvalue weighted by Crippen LogP contribution is 2.55. The summed E-state index contributed by atoms with van der Waals surface area (Å²) in [5, 5.41) is 27.8. The van der Waals surface area contributed by atoms with Crippen LogP contribution in [0.3, 0.4) is 0 Å². The largest absolute Gasteiger partial charge is 0.405 e. The predicted octanol–water partition coefficient (Wildman–Crippen LogP) is 11.9. The molecule has 56 heavy (non-hydrogen) atoms. The molecule has 0 saturated heterocycles. The molecular formula is C48H39N6OP. The summed E-state index contributed by atoms with van der Waals surface area (Å²) in [7, 11) is 1.32. The summed E-state index contributed by atoms with van der Waals surface area (Å²) in [6.07, 6.45) is 5.43. The second-order valence-corrected chi connectivity index (χ2v) is 16.7. The average molecular weight is 747 g/mol. The van der Waals surface area contributed by atoms with Gasteiger partial charge in [0.1, 0.15) is 0 Å². The fourth-order valence-electron chi connectivity index (χ4n) is 7.75. The first-order chi connectivity index (χ1) is 27.4.